The Morgan fingerprint density at radius 2 is 1.61 bits per heavy atom. The molecule has 0 spiro atoms. The number of aromatic nitrogens is 3. The van der Waals surface area contributed by atoms with Crippen molar-refractivity contribution in [3.8, 4) is 34.4 Å². The highest BCUT2D eigenvalue weighted by Gasteiger charge is 2.29. The van der Waals surface area contributed by atoms with E-state index in [2.05, 4.69) is 46.7 Å². The highest BCUT2D eigenvalue weighted by Crippen LogP contribution is 2.44. The Hall–Kier alpha value is -3.98. The van der Waals surface area contributed by atoms with Gasteiger partial charge in [-0.3, -0.25) is 0 Å². The van der Waals surface area contributed by atoms with Crippen molar-refractivity contribution in [2.75, 3.05) is 26.6 Å². The van der Waals surface area contributed by atoms with Gasteiger partial charge < -0.3 is 24.3 Å². The summed E-state index contributed by atoms with van der Waals surface area (Å²) in [4.78, 5) is 4.74. The lowest BCUT2D eigenvalue weighted by Crippen LogP contribution is -2.18. The minimum atomic E-state index is -0.631. The monoisotopic (exact) mass is 502 g/mol. The molecule has 0 bridgehead atoms. The highest BCUT2D eigenvalue weighted by molar-refractivity contribution is 7.98. The van der Waals surface area contributed by atoms with Gasteiger partial charge in [-0.15, -0.1) is 10.2 Å². The van der Waals surface area contributed by atoms with E-state index in [4.69, 9.17) is 23.9 Å². The van der Waals surface area contributed by atoms with E-state index in [-0.39, 0.29) is 0 Å². The topological polar surface area (TPSA) is 87.6 Å². The van der Waals surface area contributed by atoms with Gasteiger partial charge in [0.05, 0.1) is 26.9 Å². The second-order valence-corrected chi connectivity index (χ2v) is 9.10. The number of hydrogen-bond donors (Lipinski definition) is 1. The van der Waals surface area contributed by atoms with Gasteiger partial charge in [0.25, 0.3) is 0 Å². The quantitative estimate of drug-likeness (QED) is 0.321. The molecule has 1 aliphatic heterocycles. The lowest BCUT2D eigenvalue weighted by atomic mass is 10.1. The molecule has 1 aliphatic rings. The number of thioether (sulfide) groups is 1. The van der Waals surface area contributed by atoms with E-state index in [0.717, 1.165) is 22.6 Å². The molecule has 1 N–H and O–H groups in total. The zero-order valence-electron chi connectivity index (χ0n) is 20.4. The predicted octanol–water partition coefficient (Wildman–Crippen LogP) is 5.67. The third-order valence-corrected chi connectivity index (χ3v) is 6.75. The molecular formula is C27H26N4O4S. The summed E-state index contributed by atoms with van der Waals surface area (Å²) in [6.07, 6.45) is -0.631. The van der Waals surface area contributed by atoms with Gasteiger partial charge in [0.1, 0.15) is 5.75 Å². The molecule has 36 heavy (non-hydrogen) atoms. The zero-order chi connectivity index (χ0) is 25.1. The molecule has 0 amide bonds. The summed E-state index contributed by atoms with van der Waals surface area (Å²) in [7, 11) is 4.78. The third kappa shape index (κ3) is 4.74. The van der Waals surface area contributed by atoms with Crippen LogP contribution in [0.5, 0.6) is 23.1 Å². The van der Waals surface area contributed by atoms with Crippen molar-refractivity contribution in [1.29, 1.82) is 0 Å². The number of anilines is 1. The van der Waals surface area contributed by atoms with Gasteiger partial charge in [-0.25, -0.2) is 0 Å². The summed E-state index contributed by atoms with van der Waals surface area (Å²) in [5.74, 6) is 2.82. The van der Waals surface area contributed by atoms with E-state index < -0.39 is 6.23 Å². The van der Waals surface area contributed by atoms with Gasteiger partial charge in [0, 0.05) is 23.1 Å². The van der Waals surface area contributed by atoms with Crippen molar-refractivity contribution in [2.45, 2.75) is 24.1 Å². The van der Waals surface area contributed by atoms with Crippen LogP contribution in [0.2, 0.25) is 0 Å². The minimum Gasteiger partial charge on any atom is -0.496 e. The Labute approximate surface area is 214 Å². The van der Waals surface area contributed by atoms with Gasteiger partial charge in [-0.2, -0.15) is 4.98 Å². The van der Waals surface area contributed by atoms with Gasteiger partial charge in [0.15, 0.2) is 17.2 Å². The summed E-state index contributed by atoms with van der Waals surface area (Å²) in [6, 6.07) is 19.9. The van der Waals surface area contributed by atoms with Gasteiger partial charge >= 0.3 is 0 Å². The molecule has 0 saturated carbocycles. The molecule has 2 heterocycles. The Kier molecular flexibility index (Phi) is 6.81. The Bertz CT molecular complexity index is 1380. The number of fused-ring (bicyclic) bond motifs is 3. The molecule has 0 fully saturated rings. The maximum Gasteiger partial charge on any atom is 0.247 e. The number of benzene rings is 3. The fourth-order valence-corrected chi connectivity index (χ4v) is 4.67. The van der Waals surface area contributed by atoms with Crippen LogP contribution in [0.1, 0.15) is 22.9 Å². The van der Waals surface area contributed by atoms with Crippen molar-refractivity contribution in [3.63, 3.8) is 0 Å². The maximum absolute atomic E-state index is 6.43. The van der Waals surface area contributed by atoms with Crippen LogP contribution in [0, 0.1) is 6.92 Å². The van der Waals surface area contributed by atoms with Crippen LogP contribution >= 0.6 is 11.8 Å². The number of nitrogens with one attached hydrogen (secondary N) is 1. The summed E-state index contributed by atoms with van der Waals surface area (Å²) in [5, 5.41) is 12.9. The van der Waals surface area contributed by atoms with Crippen molar-refractivity contribution in [3.05, 3.63) is 77.4 Å². The standard InChI is InChI=1S/C27H26N4O4S/c1-16-9-11-17(12-10-16)15-36-27-29-26-24(30-31-27)18-7-5-6-8-20(18)28-25(35-26)19-13-22(33-3)23(34-4)14-21(19)32-2/h5-14,25,28H,15H2,1-4H3. The zero-order valence-corrected chi connectivity index (χ0v) is 21.3. The smallest absolute Gasteiger partial charge is 0.247 e. The largest absolute Gasteiger partial charge is 0.496 e. The van der Waals surface area contributed by atoms with Crippen molar-refractivity contribution >= 4 is 17.4 Å². The fourth-order valence-electron chi connectivity index (χ4n) is 3.94. The van der Waals surface area contributed by atoms with Crippen LogP contribution in [-0.4, -0.2) is 36.5 Å². The van der Waals surface area contributed by atoms with Crippen LogP contribution in [-0.2, 0) is 5.75 Å². The molecule has 8 nitrogen and oxygen atoms in total. The molecule has 184 valence electrons. The van der Waals surface area contributed by atoms with E-state index in [0.29, 0.717) is 34.0 Å². The van der Waals surface area contributed by atoms with Gasteiger partial charge in [-0.05, 0) is 24.6 Å². The van der Waals surface area contributed by atoms with Gasteiger partial charge in [0.2, 0.25) is 17.3 Å². The summed E-state index contributed by atoms with van der Waals surface area (Å²) in [5.41, 5.74) is 5.40. The number of rotatable bonds is 7. The molecule has 0 aliphatic carbocycles. The van der Waals surface area contributed by atoms with E-state index >= 15 is 0 Å². The van der Waals surface area contributed by atoms with Crippen LogP contribution in [0.15, 0.2) is 65.8 Å². The average molecular weight is 503 g/mol. The average Bonchev–Trinajstić information content (AvgIpc) is 3.08. The number of hydrogen-bond acceptors (Lipinski definition) is 9. The lowest BCUT2D eigenvalue weighted by molar-refractivity contribution is 0.218. The van der Waals surface area contributed by atoms with Crippen LogP contribution in [0.25, 0.3) is 11.3 Å². The Balaban J connectivity index is 1.53. The fraction of sp³-hybridized carbons (Fsp3) is 0.222. The Morgan fingerprint density at radius 3 is 2.36 bits per heavy atom. The SMILES string of the molecule is COc1cc(OC)c(C2Nc3ccccc3-c3nnc(SCc4ccc(C)cc4)nc3O2)cc1OC. The summed E-state index contributed by atoms with van der Waals surface area (Å²) < 4.78 is 23.1. The van der Waals surface area contributed by atoms with Crippen molar-refractivity contribution in [2.24, 2.45) is 0 Å². The molecule has 1 unspecified atom stereocenters. The van der Waals surface area contributed by atoms with E-state index in [1.165, 1.54) is 22.9 Å². The molecular weight excluding hydrogens is 476 g/mol. The molecule has 5 rings (SSSR count). The molecule has 3 aromatic carbocycles. The van der Waals surface area contributed by atoms with Crippen LogP contribution in [0.4, 0.5) is 5.69 Å². The van der Waals surface area contributed by atoms with E-state index in [1.54, 1.807) is 27.4 Å². The normalized spacial score (nSPS) is 13.9. The third-order valence-electron chi connectivity index (χ3n) is 5.84. The summed E-state index contributed by atoms with van der Waals surface area (Å²) in [6.45, 7) is 2.07. The van der Waals surface area contributed by atoms with E-state index in [9.17, 15) is 0 Å². The molecule has 1 atom stereocenters. The first-order chi connectivity index (χ1) is 17.6. The predicted molar refractivity (Wildman–Crippen MR) is 139 cm³/mol. The number of ether oxygens (including phenoxy) is 4. The number of nitrogens with zero attached hydrogens (tertiary/aromatic N) is 3. The molecule has 1 aromatic heterocycles. The molecule has 0 saturated heterocycles. The molecule has 4 aromatic rings. The number of methoxy groups -OCH3 is 3. The first kappa shape index (κ1) is 23.7. The van der Waals surface area contributed by atoms with Crippen molar-refractivity contribution in [1.82, 2.24) is 15.2 Å². The van der Waals surface area contributed by atoms with Crippen LogP contribution < -0.4 is 24.3 Å². The summed E-state index contributed by atoms with van der Waals surface area (Å²) >= 11 is 1.51. The first-order valence-corrected chi connectivity index (χ1v) is 12.3. The number of para-hydroxylation sites is 1. The van der Waals surface area contributed by atoms with Crippen LogP contribution in [0.3, 0.4) is 0 Å². The second-order valence-electron chi connectivity index (χ2n) is 8.16. The highest BCUT2D eigenvalue weighted by atomic mass is 32.2. The first-order valence-electron chi connectivity index (χ1n) is 11.3. The number of aryl methyl sites for hydroxylation is 1. The van der Waals surface area contributed by atoms with Gasteiger partial charge in [-0.1, -0.05) is 59.8 Å². The minimum absolute atomic E-state index is 0.385. The lowest BCUT2D eigenvalue weighted by Gasteiger charge is -2.22. The second kappa shape index (κ2) is 10.3. The van der Waals surface area contributed by atoms with E-state index in [1.807, 2.05) is 30.3 Å². The molecule has 0 radical (unpaired) electrons. The van der Waals surface area contributed by atoms with Crippen molar-refractivity contribution < 1.29 is 18.9 Å². The maximum atomic E-state index is 6.43. The molecule has 9 heteroatoms. The Morgan fingerprint density at radius 1 is 0.889 bits per heavy atom.